The molecule has 0 spiro atoms. The maximum atomic E-state index is 12.0. The minimum Gasteiger partial charge on any atom is -0.365 e. The van der Waals surface area contributed by atoms with E-state index in [-0.39, 0.29) is 0 Å². The highest BCUT2D eigenvalue weighted by molar-refractivity contribution is 6.33. The molecule has 0 aliphatic carbocycles. The SMILES string of the molecule is Cc1nnc2c(Cl)cc(-c3nn4c(c3C(N)=O)CCCC4)cn12. The van der Waals surface area contributed by atoms with Gasteiger partial charge >= 0.3 is 0 Å². The van der Waals surface area contributed by atoms with Crippen molar-refractivity contribution in [3.05, 3.63) is 34.4 Å². The first-order chi connectivity index (χ1) is 11.1. The van der Waals surface area contributed by atoms with E-state index in [1.165, 1.54) is 0 Å². The van der Waals surface area contributed by atoms with Crippen LogP contribution < -0.4 is 5.73 Å². The van der Waals surface area contributed by atoms with Crippen molar-refractivity contribution < 1.29 is 4.79 Å². The number of fused-ring (bicyclic) bond motifs is 2. The average molecular weight is 331 g/mol. The number of nitrogens with two attached hydrogens (primary N) is 1. The van der Waals surface area contributed by atoms with E-state index in [0.29, 0.717) is 27.8 Å². The Kier molecular flexibility index (Phi) is 3.12. The first kappa shape index (κ1) is 14.2. The van der Waals surface area contributed by atoms with Gasteiger partial charge in [-0.2, -0.15) is 5.10 Å². The van der Waals surface area contributed by atoms with Crippen LogP contribution in [0.5, 0.6) is 0 Å². The molecule has 0 saturated carbocycles. The van der Waals surface area contributed by atoms with Crippen LogP contribution in [0.3, 0.4) is 0 Å². The fourth-order valence-corrected chi connectivity index (χ4v) is 3.39. The fourth-order valence-electron chi connectivity index (χ4n) is 3.14. The van der Waals surface area contributed by atoms with Crippen molar-refractivity contribution >= 4 is 23.2 Å². The lowest BCUT2D eigenvalue weighted by Gasteiger charge is -2.13. The molecule has 7 nitrogen and oxygen atoms in total. The maximum Gasteiger partial charge on any atom is 0.252 e. The van der Waals surface area contributed by atoms with Crippen molar-refractivity contribution in [1.82, 2.24) is 24.4 Å². The van der Waals surface area contributed by atoms with Crippen LogP contribution in [-0.2, 0) is 13.0 Å². The lowest BCUT2D eigenvalue weighted by molar-refractivity contribution is 0.0999. The molecule has 118 valence electrons. The molecule has 1 amide bonds. The van der Waals surface area contributed by atoms with Gasteiger partial charge in [-0.3, -0.25) is 13.9 Å². The van der Waals surface area contributed by atoms with Crippen molar-refractivity contribution in [3.63, 3.8) is 0 Å². The van der Waals surface area contributed by atoms with Crippen molar-refractivity contribution in [2.24, 2.45) is 5.73 Å². The van der Waals surface area contributed by atoms with E-state index in [9.17, 15) is 4.79 Å². The molecule has 2 N–H and O–H groups in total. The number of aryl methyl sites for hydroxylation is 2. The van der Waals surface area contributed by atoms with Gasteiger partial charge in [0.25, 0.3) is 5.91 Å². The summed E-state index contributed by atoms with van der Waals surface area (Å²) in [6, 6.07) is 1.76. The van der Waals surface area contributed by atoms with Gasteiger partial charge in [-0.15, -0.1) is 10.2 Å². The molecule has 4 rings (SSSR count). The van der Waals surface area contributed by atoms with Gasteiger partial charge < -0.3 is 5.73 Å². The highest BCUT2D eigenvalue weighted by Gasteiger charge is 2.25. The van der Waals surface area contributed by atoms with E-state index < -0.39 is 5.91 Å². The van der Waals surface area contributed by atoms with Crippen LogP contribution in [0.15, 0.2) is 12.3 Å². The van der Waals surface area contributed by atoms with Gasteiger partial charge in [-0.25, -0.2) is 0 Å². The number of aromatic nitrogens is 5. The Morgan fingerprint density at radius 3 is 2.96 bits per heavy atom. The zero-order valence-electron chi connectivity index (χ0n) is 12.6. The minimum atomic E-state index is -0.458. The molecule has 4 heterocycles. The molecule has 0 radical (unpaired) electrons. The smallest absolute Gasteiger partial charge is 0.252 e. The lowest BCUT2D eigenvalue weighted by atomic mass is 10.0. The number of hydrogen-bond acceptors (Lipinski definition) is 4. The molecule has 1 aliphatic rings. The molecule has 1 aliphatic heterocycles. The normalized spacial score (nSPS) is 14.2. The van der Waals surface area contributed by atoms with Gasteiger partial charge in [-0.1, -0.05) is 11.6 Å². The number of rotatable bonds is 2. The summed E-state index contributed by atoms with van der Waals surface area (Å²) in [6.45, 7) is 2.64. The Morgan fingerprint density at radius 2 is 2.17 bits per heavy atom. The Hall–Kier alpha value is -2.41. The van der Waals surface area contributed by atoms with Crippen molar-refractivity contribution in [3.8, 4) is 11.3 Å². The van der Waals surface area contributed by atoms with E-state index in [1.54, 1.807) is 10.5 Å². The quantitative estimate of drug-likeness (QED) is 0.777. The van der Waals surface area contributed by atoms with E-state index in [4.69, 9.17) is 17.3 Å². The number of hydrogen-bond donors (Lipinski definition) is 1. The third-order valence-corrected chi connectivity index (χ3v) is 4.52. The summed E-state index contributed by atoms with van der Waals surface area (Å²) in [6.07, 6.45) is 4.75. The number of amides is 1. The number of nitrogens with zero attached hydrogens (tertiary/aromatic N) is 5. The average Bonchev–Trinajstić information content (AvgIpc) is 3.09. The molecule has 0 unspecified atom stereocenters. The first-order valence-electron chi connectivity index (χ1n) is 7.47. The van der Waals surface area contributed by atoms with Gasteiger partial charge in [-0.05, 0) is 32.3 Å². The summed E-state index contributed by atoms with van der Waals surface area (Å²) in [7, 11) is 0. The lowest BCUT2D eigenvalue weighted by Crippen LogP contribution is -2.17. The Morgan fingerprint density at radius 1 is 1.35 bits per heavy atom. The number of carbonyl (C=O) groups excluding carboxylic acids is 1. The second-order valence-electron chi connectivity index (χ2n) is 5.73. The zero-order chi connectivity index (χ0) is 16.1. The molecular formula is C15H15ClN6O. The van der Waals surface area contributed by atoms with Crippen molar-refractivity contribution in [2.75, 3.05) is 0 Å². The van der Waals surface area contributed by atoms with Crippen LogP contribution in [0.4, 0.5) is 0 Å². The molecule has 23 heavy (non-hydrogen) atoms. The molecule has 3 aromatic rings. The van der Waals surface area contributed by atoms with Gasteiger partial charge in [0.15, 0.2) is 5.65 Å². The zero-order valence-corrected chi connectivity index (χ0v) is 13.3. The predicted molar refractivity (Wildman–Crippen MR) is 85.4 cm³/mol. The Balaban J connectivity index is 1.99. The summed E-state index contributed by atoms with van der Waals surface area (Å²) in [5.74, 6) is 0.258. The van der Waals surface area contributed by atoms with Gasteiger partial charge in [0, 0.05) is 18.3 Å². The van der Waals surface area contributed by atoms with Crippen LogP contribution in [0.2, 0.25) is 5.02 Å². The van der Waals surface area contributed by atoms with Gasteiger partial charge in [0.05, 0.1) is 16.3 Å². The van der Waals surface area contributed by atoms with Crippen LogP contribution in [0.25, 0.3) is 16.9 Å². The second kappa shape index (κ2) is 5.06. The standard InChI is InChI=1S/C15H15ClN6O/c1-8-18-19-15-10(16)6-9(7-21(8)15)13-12(14(17)23)11-4-2-3-5-22(11)20-13/h6-7H,2-5H2,1H3,(H2,17,23). The topological polar surface area (TPSA) is 91.1 Å². The highest BCUT2D eigenvalue weighted by atomic mass is 35.5. The number of carbonyl (C=O) groups is 1. The predicted octanol–water partition coefficient (Wildman–Crippen LogP) is 1.99. The summed E-state index contributed by atoms with van der Waals surface area (Å²) < 4.78 is 3.68. The van der Waals surface area contributed by atoms with Crippen LogP contribution in [0, 0.1) is 6.92 Å². The molecular weight excluding hydrogens is 316 g/mol. The molecule has 3 aromatic heterocycles. The van der Waals surface area contributed by atoms with E-state index in [1.807, 2.05) is 17.8 Å². The molecule has 0 aromatic carbocycles. The third-order valence-electron chi connectivity index (χ3n) is 4.24. The van der Waals surface area contributed by atoms with Crippen LogP contribution >= 0.6 is 11.6 Å². The molecule has 0 fully saturated rings. The first-order valence-corrected chi connectivity index (χ1v) is 7.85. The van der Waals surface area contributed by atoms with Crippen LogP contribution in [-0.4, -0.2) is 30.3 Å². The Bertz CT molecular complexity index is 941. The number of halogens is 1. The van der Waals surface area contributed by atoms with Crippen LogP contribution in [0.1, 0.15) is 34.7 Å². The Labute approximate surface area is 137 Å². The van der Waals surface area contributed by atoms with E-state index in [0.717, 1.165) is 37.1 Å². The van der Waals surface area contributed by atoms with Crippen molar-refractivity contribution in [2.45, 2.75) is 32.7 Å². The fraction of sp³-hybridized carbons (Fsp3) is 0.333. The summed E-state index contributed by atoms with van der Waals surface area (Å²) in [5.41, 5.74) is 8.92. The molecule has 0 atom stereocenters. The molecule has 8 heteroatoms. The largest absolute Gasteiger partial charge is 0.365 e. The van der Waals surface area contributed by atoms with E-state index in [2.05, 4.69) is 15.3 Å². The maximum absolute atomic E-state index is 12.0. The van der Waals surface area contributed by atoms with Crippen molar-refractivity contribution in [1.29, 1.82) is 0 Å². The van der Waals surface area contributed by atoms with Gasteiger partial charge in [0.1, 0.15) is 11.5 Å². The van der Waals surface area contributed by atoms with E-state index >= 15 is 0 Å². The minimum absolute atomic E-state index is 0.458. The summed E-state index contributed by atoms with van der Waals surface area (Å²) >= 11 is 6.31. The van der Waals surface area contributed by atoms with Gasteiger partial charge in [0.2, 0.25) is 0 Å². The summed E-state index contributed by atoms with van der Waals surface area (Å²) in [4.78, 5) is 12.0. The number of pyridine rings is 1. The monoisotopic (exact) mass is 330 g/mol. The summed E-state index contributed by atoms with van der Waals surface area (Å²) in [5, 5.41) is 13.1. The molecule has 0 bridgehead atoms. The second-order valence-corrected chi connectivity index (χ2v) is 6.14. The molecule has 0 saturated heterocycles. The third kappa shape index (κ3) is 2.11. The highest BCUT2D eigenvalue weighted by Crippen LogP contribution is 2.31. The number of primary amides is 1.